The van der Waals surface area contributed by atoms with Crippen LogP contribution < -0.4 is 5.32 Å². The van der Waals surface area contributed by atoms with Crippen molar-refractivity contribution in [2.45, 2.75) is 6.54 Å². The Labute approximate surface area is 87.1 Å². The van der Waals surface area contributed by atoms with Crippen LogP contribution in [0.15, 0.2) is 36.0 Å². The van der Waals surface area contributed by atoms with Crippen LogP contribution in [0.4, 0.5) is 4.39 Å². The van der Waals surface area contributed by atoms with Crippen molar-refractivity contribution in [2.24, 2.45) is 0 Å². The van der Waals surface area contributed by atoms with E-state index in [1.807, 2.05) is 0 Å². The Morgan fingerprint density at radius 3 is 2.40 bits per heavy atom. The highest BCUT2D eigenvalue weighted by Gasteiger charge is 1.93. The number of nitriles is 2. The number of nitrogens with zero attached hydrogens (tertiary/aromatic N) is 2. The lowest BCUT2D eigenvalue weighted by Crippen LogP contribution is -2.05. The highest BCUT2D eigenvalue weighted by Crippen LogP contribution is 2.02. The van der Waals surface area contributed by atoms with Crippen molar-refractivity contribution in [3.05, 3.63) is 47.4 Å². The van der Waals surface area contributed by atoms with Crippen LogP contribution in [0, 0.1) is 28.5 Å². The van der Waals surface area contributed by atoms with Gasteiger partial charge in [-0.2, -0.15) is 10.5 Å². The third-order valence-electron chi connectivity index (χ3n) is 1.71. The number of hydrogen-bond donors (Lipinski definition) is 1. The minimum absolute atomic E-state index is 0.0112. The number of benzene rings is 1. The van der Waals surface area contributed by atoms with Crippen LogP contribution in [-0.4, -0.2) is 0 Å². The first-order valence-corrected chi connectivity index (χ1v) is 4.24. The zero-order valence-corrected chi connectivity index (χ0v) is 7.87. The van der Waals surface area contributed by atoms with Gasteiger partial charge in [0.15, 0.2) is 0 Å². The summed E-state index contributed by atoms with van der Waals surface area (Å²) in [6.45, 7) is 0.452. The average Bonchev–Trinajstić information content (AvgIpc) is 2.27. The van der Waals surface area contributed by atoms with E-state index in [4.69, 9.17) is 10.5 Å². The van der Waals surface area contributed by atoms with Gasteiger partial charge in [0.05, 0.1) is 0 Å². The van der Waals surface area contributed by atoms with Gasteiger partial charge in [-0.05, 0) is 17.7 Å². The molecule has 0 saturated carbocycles. The number of rotatable bonds is 3. The fourth-order valence-electron chi connectivity index (χ4n) is 0.963. The van der Waals surface area contributed by atoms with Crippen molar-refractivity contribution in [1.29, 1.82) is 10.5 Å². The fraction of sp³-hybridized carbons (Fsp3) is 0.0909. The zero-order valence-electron chi connectivity index (χ0n) is 7.87. The van der Waals surface area contributed by atoms with E-state index in [-0.39, 0.29) is 11.4 Å². The summed E-state index contributed by atoms with van der Waals surface area (Å²) in [5, 5.41) is 19.7. The average molecular weight is 201 g/mol. The second kappa shape index (κ2) is 5.41. The number of nitrogens with one attached hydrogen (secondary N) is 1. The van der Waals surface area contributed by atoms with Gasteiger partial charge in [-0.3, -0.25) is 0 Å². The monoisotopic (exact) mass is 201 g/mol. The van der Waals surface area contributed by atoms with E-state index in [0.29, 0.717) is 6.54 Å². The van der Waals surface area contributed by atoms with Crippen LogP contribution in [0.25, 0.3) is 0 Å². The molecule has 0 aliphatic heterocycles. The Morgan fingerprint density at radius 2 is 1.87 bits per heavy atom. The first-order valence-electron chi connectivity index (χ1n) is 4.24. The van der Waals surface area contributed by atoms with E-state index < -0.39 is 0 Å². The second-order valence-corrected chi connectivity index (χ2v) is 2.79. The minimum Gasteiger partial charge on any atom is -0.385 e. The second-order valence-electron chi connectivity index (χ2n) is 2.79. The maximum atomic E-state index is 12.5. The molecule has 0 amide bonds. The van der Waals surface area contributed by atoms with E-state index >= 15 is 0 Å². The Bertz CT molecular complexity index is 418. The summed E-state index contributed by atoms with van der Waals surface area (Å²) in [7, 11) is 0. The summed E-state index contributed by atoms with van der Waals surface area (Å²) in [6.07, 6.45) is 1.34. The first kappa shape index (κ1) is 10.7. The van der Waals surface area contributed by atoms with Crippen molar-refractivity contribution in [3.8, 4) is 12.1 Å². The fourth-order valence-corrected chi connectivity index (χ4v) is 0.963. The zero-order chi connectivity index (χ0) is 11.1. The van der Waals surface area contributed by atoms with Gasteiger partial charge in [-0.15, -0.1) is 0 Å². The predicted octanol–water partition coefficient (Wildman–Crippen LogP) is 1.85. The van der Waals surface area contributed by atoms with E-state index in [0.717, 1.165) is 5.56 Å². The molecule has 1 aromatic rings. The van der Waals surface area contributed by atoms with Crippen molar-refractivity contribution in [3.63, 3.8) is 0 Å². The maximum absolute atomic E-state index is 12.5. The molecule has 0 heterocycles. The summed E-state index contributed by atoms with van der Waals surface area (Å²) < 4.78 is 12.5. The van der Waals surface area contributed by atoms with Crippen molar-refractivity contribution >= 4 is 0 Å². The molecule has 0 atom stereocenters. The molecule has 0 aromatic heterocycles. The topological polar surface area (TPSA) is 59.6 Å². The standard InChI is InChI=1S/C11H8FN3/c12-11-3-1-9(2-4-11)7-15-8-10(5-13)6-14/h1-4,8,15H,7H2. The normalized spacial score (nSPS) is 8.47. The molecule has 4 heteroatoms. The Morgan fingerprint density at radius 1 is 1.27 bits per heavy atom. The summed E-state index contributed by atoms with van der Waals surface area (Å²) in [5.41, 5.74) is 0.889. The summed E-state index contributed by atoms with van der Waals surface area (Å²) in [6, 6.07) is 9.43. The number of halogens is 1. The molecule has 0 fully saturated rings. The molecule has 1 rings (SSSR count). The van der Waals surface area contributed by atoms with Gasteiger partial charge < -0.3 is 5.32 Å². The van der Waals surface area contributed by atoms with Gasteiger partial charge >= 0.3 is 0 Å². The molecule has 3 nitrogen and oxygen atoms in total. The molecular weight excluding hydrogens is 193 g/mol. The molecule has 74 valence electrons. The summed E-state index contributed by atoms with van der Waals surface area (Å²) in [5.74, 6) is -0.288. The third kappa shape index (κ3) is 3.50. The van der Waals surface area contributed by atoms with Crippen LogP contribution in [0.2, 0.25) is 0 Å². The van der Waals surface area contributed by atoms with E-state index in [9.17, 15) is 4.39 Å². The molecule has 0 spiro atoms. The lowest BCUT2D eigenvalue weighted by Gasteiger charge is -2.00. The molecule has 0 aliphatic carbocycles. The van der Waals surface area contributed by atoms with E-state index in [1.165, 1.54) is 18.3 Å². The molecule has 0 unspecified atom stereocenters. The smallest absolute Gasteiger partial charge is 0.145 e. The molecule has 0 bridgehead atoms. The largest absolute Gasteiger partial charge is 0.385 e. The maximum Gasteiger partial charge on any atom is 0.145 e. The van der Waals surface area contributed by atoms with Crippen LogP contribution in [0.1, 0.15) is 5.56 Å². The van der Waals surface area contributed by atoms with Crippen LogP contribution in [0.3, 0.4) is 0 Å². The van der Waals surface area contributed by atoms with Crippen LogP contribution in [-0.2, 0) is 6.54 Å². The highest BCUT2D eigenvalue weighted by molar-refractivity contribution is 5.34. The van der Waals surface area contributed by atoms with Crippen LogP contribution >= 0.6 is 0 Å². The predicted molar refractivity (Wildman–Crippen MR) is 52.5 cm³/mol. The Kier molecular flexibility index (Phi) is 3.88. The Balaban J connectivity index is 2.53. The van der Waals surface area contributed by atoms with E-state index in [2.05, 4.69) is 5.32 Å². The van der Waals surface area contributed by atoms with Gasteiger partial charge in [0.2, 0.25) is 0 Å². The molecule has 15 heavy (non-hydrogen) atoms. The van der Waals surface area contributed by atoms with Gasteiger partial charge in [0, 0.05) is 12.7 Å². The molecule has 0 aliphatic rings. The lowest BCUT2D eigenvalue weighted by atomic mass is 10.2. The van der Waals surface area contributed by atoms with Gasteiger partial charge in [0.25, 0.3) is 0 Å². The van der Waals surface area contributed by atoms with Gasteiger partial charge in [0.1, 0.15) is 23.5 Å². The van der Waals surface area contributed by atoms with Crippen molar-refractivity contribution < 1.29 is 4.39 Å². The molecule has 1 aromatic carbocycles. The quantitative estimate of drug-likeness (QED) is 0.759. The highest BCUT2D eigenvalue weighted by atomic mass is 19.1. The van der Waals surface area contributed by atoms with Crippen molar-refractivity contribution in [1.82, 2.24) is 5.32 Å². The van der Waals surface area contributed by atoms with Crippen molar-refractivity contribution in [2.75, 3.05) is 0 Å². The van der Waals surface area contributed by atoms with Gasteiger partial charge in [-0.1, -0.05) is 12.1 Å². The first-order chi connectivity index (χ1) is 7.26. The summed E-state index contributed by atoms with van der Waals surface area (Å²) >= 11 is 0. The Hall–Kier alpha value is -2.33. The molecular formula is C11H8FN3. The minimum atomic E-state index is -0.288. The third-order valence-corrected chi connectivity index (χ3v) is 1.71. The molecule has 1 N–H and O–H groups in total. The lowest BCUT2D eigenvalue weighted by molar-refractivity contribution is 0.626. The molecule has 0 saturated heterocycles. The molecule has 0 radical (unpaired) electrons. The number of hydrogen-bond acceptors (Lipinski definition) is 3. The van der Waals surface area contributed by atoms with E-state index in [1.54, 1.807) is 24.3 Å². The summed E-state index contributed by atoms with van der Waals surface area (Å²) in [4.78, 5) is 0. The SMILES string of the molecule is N#CC(C#N)=CNCc1ccc(F)cc1. The van der Waals surface area contributed by atoms with Crippen LogP contribution in [0.5, 0.6) is 0 Å². The number of allylic oxidation sites excluding steroid dienone is 1. The van der Waals surface area contributed by atoms with Gasteiger partial charge in [-0.25, -0.2) is 4.39 Å².